The Kier molecular flexibility index (Phi) is 31.4. The highest BCUT2D eigenvalue weighted by atomic mass is 32.1. The van der Waals surface area contributed by atoms with Gasteiger partial charge in [-0.05, 0) is 72.9 Å². The van der Waals surface area contributed by atoms with Crippen molar-refractivity contribution in [1.82, 2.24) is 19.8 Å². The number of nitrogens with zero attached hydrogens (tertiary/aromatic N) is 4. The Balaban J connectivity index is 0.997. The Bertz CT molecular complexity index is 3330. The number of carbonyl (C=O) groups excluding carboxylic acids is 2. The third kappa shape index (κ3) is 21.3. The summed E-state index contributed by atoms with van der Waals surface area (Å²) >= 11 is 10.7. The van der Waals surface area contributed by atoms with Crippen LogP contribution in [0.4, 0.5) is 0 Å². The first kappa shape index (κ1) is 74.1. The van der Waals surface area contributed by atoms with Crippen LogP contribution in [0.25, 0.3) is 70.6 Å². The van der Waals surface area contributed by atoms with Gasteiger partial charge in [0.2, 0.25) is 0 Å². The van der Waals surface area contributed by atoms with Crippen molar-refractivity contribution in [3.05, 3.63) is 118 Å². The van der Waals surface area contributed by atoms with E-state index in [1.165, 1.54) is 281 Å². The van der Waals surface area contributed by atoms with Gasteiger partial charge < -0.3 is 9.80 Å². The molecule has 0 spiro atoms. The van der Waals surface area contributed by atoms with Gasteiger partial charge in [0.25, 0.3) is 11.8 Å². The van der Waals surface area contributed by atoms with Gasteiger partial charge in [-0.25, -0.2) is 9.97 Å². The third-order valence-electron chi connectivity index (χ3n) is 20.4. The summed E-state index contributed by atoms with van der Waals surface area (Å²) in [5.74, 6) is 0.558. The first-order chi connectivity index (χ1) is 47.3. The molecule has 2 atom stereocenters. The largest absolute Gasteiger partial charge is 0.304 e. The van der Waals surface area contributed by atoms with E-state index in [1.54, 1.807) is 22.7 Å². The maximum absolute atomic E-state index is 16.4. The molecule has 2 amide bonds. The van der Waals surface area contributed by atoms with E-state index < -0.39 is 0 Å². The van der Waals surface area contributed by atoms with Crippen molar-refractivity contribution in [2.24, 2.45) is 11.8 Å². The van der Waals surface area contributed by atoms with Crippen molar-refractivity contribution < 1.29 is 9.59 Å². The van der Waals surface area contributed by atoms with Crippen molar-refractivity contribution in [1.29, 1.82) is 0 Å². The zero-order valence-electron chi connectivity index (χ0n) is 59.1. The molecular formula is C84H114N4O2S6. The molecule has 2 aliphatic rings. The first-order valence-corrected chi connectivity index (χ1v) is 43.5. The molecule has 2 aromatic carbocycles. The highest BCUT2D eigenvalue weighted by Gasteiger charge is 2.51. The molecule has 6 aromatic heterocycles. The van der Waals surface area contributed by atoms with Crippen molar-refractivity contribution in [3.63, 3.8) is 0 Å². The molecule has 8 aromatic rings. The van der Waals surface area contributed by atoms with Gasteiger partial charge in [-0.1, -0.05) is 320 Å². The highest BCUT2D eigenvalue weighted by molar-refractivity contribution is 7.33. The number of unbranched alkanes of at least 4 members (excludes halogenated alkanes) is 32. The fourth-order valence-electron chi connectivity index (χ4n) is 14.7. The van der Waals surface area contributed by atoms with Crippen molar-refractivity contribution in [3.8, 4) is 40.4 Å². The van der Waals surface area contributed by atoms with Gasteiger partial charge in [0, 0.05) is 63.8 Å². The molecule has 10 rings (SSSR count). The molecule has 518 valence electrons. The van der Waals surface area contributed by atoms with Gasteiger partial charge in [-0.2, -0.15) is 0 Å². The molecule has 2 aliphatic heterocycles. The van der Waals surface area contributed by atoms with Gasteiger partial charge in [0.05, 0.1) is 32.3 Å². The van der Waals surface area contributed by atoms with Crippen LogP contribution in [-0.4, -0.2) is 44.7 Å². The summed E-state index contributed by atoms with van der Waals surface area (Å²) in [6.45, 7) is 10.4. The fourth-order valence-corrected chi connectivity index (χ4v) is 21.6. The number of hydrogen-bond acceptors (Lipinski definition) is 10. The van der Waals surface area contributed by atoms with Crippen molar-refractivity contribution >= 4 is 110 Å². The summed E-state index contributed by atoms with van der Waals surface area (Å²) < 4.78 is 5.10. The SMILES string of the molecule is CCCCCCCCCCCCC(CCCCCCCCCC)CN1C(=O)C2=C(c3ncc(-c4cc5sc(-c6ccccc6)cc5s4)s3)N(CC(CCCCCCCCCC)CCCCCCCCCCCC)C(=O)C2=C1c1ncc(-c2cc3sc(-c4ccccc4)cc3s2)s1. The average molecular weight is 1400 g/mol. The summed E-state index contributed by atoms with van der Waals surface area (Å²) in [5, 5.41) is 1.55. The van der Waals surface area contributed by atoms with Gasteiger partial charge in [0.15, 0.2) is 0 Å². The molecule has 0 saturated carbocycles. The van der Waals surface area contributed by atoms with E-state index in [4.69, 9.17) is 9.97 Å². The summed E-state index contributed by atoms with van der Waals surface area (Å²) in [5.41, 5.74) is 5.09. The topological polar surface area (TPSA) is 66.4 Å². The van der Waals surface area contributed by atoms with Crippen LogP contribution in [0.5, 0.6) is 0 Å². The standard InChI is InChI=1S/C84H114N4O2S6/c1-5-9-13-17-21-25-27-31-35-41-49-63(47-39-33-29-23-19-15-11-7-3)61-87-79(81-85-59-75(95-81)73-57-71-69(93-73)55-67(91-71)65-51-43-37-44-52-65)77-78(83(87)89)80(82-86-60-76(96-82)74-58-72-70(94-74)56-68(92-72)66-53-45-38-46-54-66)88(84(77)90)62-64(48-40-34-30-24-20-16-12-8-4)50-42-36-32-28-26-22-18-14-10-6-2/h37-38,43-46,51-60,63-64H,5-36,39-42,47-50,61-62H2,1-4H3. The summed E-state index contributed by atoms with van der Waals surface area (Å²) in [7, 11) is 0. The number of thiophene rings is 4. The monoisotopic (exact) mass is 1400 g/mol. The Morgan fingerprint density at radius 2 is 0.573 bits per heavy atom. The number of benzene rings is 2. The zero-order chi connectivity index (χ0) is 66.5. The van der Waals surface area contributed by atoms with E-state index in [2.05, 4.69) is 122 Å². The number of rotatable bonds is 50. The second kappa shape index (κ2) is 40.6. The van der Waals surface area contributed by atoms with Crippen molar-refractivity contribution in [2.45, 2.75) is 285 Å². The van der Waals surface area contributed by atoms with Crippen LogP contribution in [0.2, 0.25) is 0 Å². The lowest BCUT2D eigenvalue weighted by Gasteiger charge is -2.29. The molecule has 12 heteroatoms. The summed E-state index contributed by atoms with van der Waals surface area (Å²) in [6, 6.07) is 30.8. The second-order valence-electron chi connectivity index (χ2n) is 28.2. The van der Waals surface area contributed by atoms with Crippen LogP contribution in [-0.2, 0) is 9.59 Å². The minimum Gasteiger partial charge on any atom is -0.304 e. The number of fused-ring (bicyclic) bond motifs is 3. The van der Waals surface area contributed by atoms with Crippen molar-refractivity contribution in [2.75, 3.05) is 13.1 Å². The lowest BCUT2D eigenvalue weighted by Crippen LogP contribution is -2.35. The van der Waals surface area contributed by atoms with Crippen LogP contribution in [0.1, 0.15) is 295 Å². The van der Waals surface area contributed by atoms with E-state index in [1.807, 2.05) is 57.7 Å². The lowest BCUT2D eigenvalue weighted by atomic mass is 9.93. The molecule has 8 heterocycles. The van der Waals surface area contributed by atoms with Crippen LogP contribution >= 0.6 is 68.0 Å². The quantitative estimate of drug-likeness (QED) is 0.0356. The smallest absolute Gasteiger partial charge is 0.261 e. The van der Waals surface area contributed by atoms with E-state index >= 15 is 9.59 Å². The molecule has 6 nitrogen and oxygen atoms in total. The second-order valence-corrected chi connectivity index (χ2v) is 34.6. The predicted molar refractivity (Wildman–Crippen MR) is 424 cm³/mol. The summed E-state index contributed by atoms with van der Waals surface area (Å²) in [4.78, 5) is 54.8. The number of amides is 2. The van der Waals surface area contributed by atoms with Crippen LogP contribution in [0, 0.1) is 11.8 Å². The van der Waals surface area contributed by atoms with E-state index in [-0.39, 0.29) is 11.8 Å². The minimum atomic E-state index is -0.0344. The fraction of sp³-hybridized carbons (Fsp3) is 0.571. The van der Waals surface area contributed by atoms with E-state index in [0.717, 1.165) is 56.8 Å². The van der Waals surface area contributed by atoms with Crippen LogP contribution in [0.3, 0.4) is 0 Å². The summed E-state index contributed by atoms with van der Waals surface area (Å²) in [6.07, 6.45) is 55.0. The average Bonchev–Trinajstić information content (AvgIpc) is 1.55. The van der Waals surface area contributed by atoms with Gasteiger partial charge in [-0.15, -0.1) is 68.0 Å². The molecule has 0 bridgehead atoms. The van der Waals surface area contributed by atoms with Crippen LogP contribution < -0.4 is 0 Å². The van der Waals surface area contributed by atoms with E-state index in [9.17, 15) is 0 Å². The molecular weight excluding hydrogens is 1290 g/mol. The minimum absolute atomic E-state index is 0.0344. The predicted octanol–water partition coefficient (Wildman–Crippen LogP) is 28.5. The highest BCUT2D eigenvalue weighted by Crippen LogP contribution is 2.52. The molecule has 0 fully saturated rings. The Hall–Kier alpha value is -4.56. The Labute approximate surface area is 603 Å². The number of thiazole rings is 2. The molecule has 0 radical (unpaired) electrons. The molecule has 0 saturated heterocycles. The van der Waals surface area contributed by atoms with Crippen LogP contribution in [0.15, 0.2) is 108 Å². The normalized spacial score (nSPS) is 14.2. The van der Waals surface area contributed by atoms with Gasteiger partial charge >= 0.3 is 0 Å². The Morgan fingerprint density at radius 1 is 0.312 bits per heavy atom. The Morgan fingerprint density at radius 3 is 0.865 bits per heavy atom. The van der Waals surface area contributed by atoms with E-state index in [0.29, 0.717) is 36.1 Å². The third-order valence-corrected chi connectivity index (χ3v) is 27.4. The number of aromatic nitrogens is 2. The zero-order valence-corrected chi connectivity index (χ0v) is 64.0. The molecule has 2 unspecified atom stereocenters. The molecule has 0 aliphatic carbocycles. The number of carbonyl (C=O) groups is 2. The molecule has 96 heavy (non-hydrogen) atoms. The molecule has 0 N–H and O–H groups in total. The maximum atomic E-state index is 16.4. The first-order valence-electron chi connectivity index (χ1n) is 38.6. The lowest BCUT2D eigenvalue weighted by molar-refractivity contribution is -0.124. The maximum Gasteiger partial charge on any atom is 0.261 e. The van der Waals surface area contributed by atoms with Gasteiger partial charge in [0.1, 0.15) is 10.0 Å². The number of hydrogen-bond donors (Lipinski definition) is 0. The van der Waals surface area contributed by atoms with Gasteiger partial charge in [-0.3, -0.25) is 9.59 Å².